The number of hydrogen-bond acceptors (Lipinski definition) is 3. The van der Waals surface area contributed by atoms with Gasteiger partial charge in [0.2, 0.25) is 0 Å². The zero-order chi connectivity index (χ0) is 13.8. The molecule has 1 aromatic carbocycles. The first-order chi connectivity index (χ1) is 8.40. The number of carboxylic acids is 2. The molecule has 0 bridgehead atoms. The highest BCUT2D eigenvalue weighted by molar-refractivity contribution is 5.78. The largest absolute Gasteiger partial charge is 0.480 e. The summed E-state index contributed by atoms with van der Waals surface area (Å²) in [5.41, 5.74) is 0.247. The highest BCUT2D eigenvalue weighted by Crippen LogP contribution is 2.13. The van der Waals surface area contributed by atoms with Crippen LogP contribution in [-0.2, 0) is 9.59 Å². The van der Waals surface area contributed by atoms with Gasteiger partial charge in [0.15, 0.2) is 0 Å². The van der Waals surface area contributed by atoms with Crippen molar-refractivity contribution in [3.05, 3.63) is 35.9 Å². The van der Waals surface area contributed by atoms with Crippen molar-refractivity contribution in [3.8, 4) is 0 Å². The molecule has 0 aliphatic heterocycles. The standard InChI is InChI=1S/C11H12FNO4/c12-6-8(10(14)15)13-9(11(16)17)7-4-2-1-3-5-7/h1-5,8-9,13H,6H2,(H,14,15)(H,16,17)/t8-,9?/m1/s1/i8D. The molecule has 0 aromatic heterocycles. The minimum atomic E-state index is -2.68. The molecule has 0 aliphatic rings. The van der Waals surface area contributed by atoms with E-state index in [-0.39, 0.29) is 5.56 Å². The van der Waals surface area contributed by atoms with Crippen LogP contribution in [0.5, 0.6) is 0 Å². The maximum atomic E-state index is 12.6. The van der Waals surface area contributed by atoms with E-state index < -0.39 is 30.7 Å². The number of carboxylic acid groups (broad SMARTS) is 2. The van der Waals surface area contributed by atoms with Gasteiger partial charge in [-0.25, -0.2) is 4.39 Å². The second kappa shape index (κ2) is 5.95. The third-order valence-corrected chi connectivity index (χ3v) is 2.09. The topological polar surface area (TPSA) is 86.6 Å². The molecule has 1 aromatic rings. The van der Waals surface area contributed by atoms with Crippen LogP contribution in [0.1, 0.15) is 13.0 Å². The maximum absolute atomic E-state index is 12.6. The van der Waals surface area contributed by atoms with Gasteiger partial charge in [0.1, 0.15) is 18.7 Å². The quantitative estimate of drug-likeness (QED) is 0.687. The molecule has 0 spiro atoms. The van der Waals surface area contributed by atoms with Crippen molar-refractivity contribution in [1.82, 2.24) is 5.32 Å². The van der Waals surface area contributed by atoms with Gasteiger partial charge in [0, 0.05) is 0 Å². The fourth-order valence-electron chi connectivity index (χ4n) is 1.26. The number of aliphatic carboxylic acids is 2. The van der Waals surface area contributed by atoms with Crippen LogP contribution in [0, 0.1) is 0 Å². The van der Waals surface area contributed by atoms with E-state index >= 15 is 0 Å². The Bertz CT molecular complexity index is 442. The van der Waals surface area contributed by atoms with Crippen molar-refractivity contribution in [2.75, 3.05) is 6.67 Å². The predicted octanol–water partition coefficient (Wildman–Crippen LogP) is 0.825. The first-order valence-electron chi connectivity index (χ1n) is 5.25. The molecule has 0 saturated heterocycles. The first-order valence-corrected chi connectivity index (χ1v) is 4.75. The Balaban J connectivity index is 3.02. The minimum absolute atomic E-state index is 0.247. The van der Waals surface area contributed by atoms with E-state index in [0.717, 1.165) is 0 Å². The number of halogens is 1. The molecule has 0 saturated carbocycles. The van der Waals surface area contributed by atoms with E-state index in [9.17, 15) is 14.0 Å². The lowest BCUT2D eigenvalue weighted by atomic mass is 10.1. The van der Waals surface area contributed by atoms with E-state index in [1.54, 1.807) is 18.2 Å². The van der Waals surface area contributed by atoms with Crippen molar-refractivity contribution in [2.24, 2.45) is 0 Å². The fourth-order valence-corrected chi connectivity index (χ4v) is 1.26. The van der Waals surface area contributed by atoms with E-state index in [0.29, 0.717) is 0 Å². The molecular weight excluding hydrogens is 229 g/mol. The number of hydrogen-bond donors (Lipinski definition) is 3. The van der Waals surface area contributed by atoms with Gasteiger partial charge in [-0.3, -0.25) is 14.9 Å². The Morgan fingerprint density at radius 1 is 1.29 bits per heavy atom. The molecule has 2 atom stereocenters. The van der Waals surface area contributed by atoms with Crippen molar-refractivity contribution in [3.63, 3.8) is 0 Å². The summed E-state index contributed by atoms with van der Waals surface area (Å²) in [6.07, 6.45) is 0. The van der Waals surface area contributed by atoms with Crippen LogP contribution in [0.25, 0.3) is 0 Å². The molecule has 1 unspecified atom stereocenters. The van der Waals surface area contributed by atoms with Crippen molar-refractivity contribution in [2.45, 2.75) is 12.1 Å². The van der Waals surface area contributed by atoms with E-state index in [1.807, 2.05) is 5.32 Å². The second-order valence-corrected chi connectivity index (χ2v) is 3.24. The van der Waals surface area contributed by atoms with Crippen molar-refractivity contribution < 1.29 is 25.6 Å². The molecular formula is C11H12FNO4. The van der Waals surface area contributed by atoms with Crippen LogP contribution in [0.2, 0.25) is 0 Å². The highest BCUT2D eigenvalue weighted by atomic mass is 19.1. The van der Waals surface area contributed by atoms with Crippen LogP contribution in [0.3, 0.4) is 0 Å². The molecule has 92 valence electrons. The molecule has 0 aliphatic carbocycles. The monoisotopic (exact) mass is 242 g/mol. The van der Waals surface area contributed by atoms with Gasteiger partial charge in [-0.15, -0.1) is 0 Å². The summed E-state index contributed by atoms with van der Waals surface area (Å²) in [5, 5.41) is 19.7. The third-order valence-electron chi connectivity index (χ3n) is 2.09. The van der Waals surface area contributed by atoms with Gasteiger partial charge >= 0.3 is 11.9 Å². The lowest BCUT2D eigenvalue weighted by molar-refractivity contribution is -0.143. The van der Waals surface area contributed by atoms with E-state index in [1.165, 1.54) is 12.1 Å². The molecule has 0 radical (unpaired) electrons. The number of benzene rings is 1. The van der Waals surface area contributed by atoms with Crippen LogP contribution in [0.4, 0.5) is 4.39 Å². The Morgan fingerprint density at radius 3 is 2.29 bits per heavy atom. The van der Waals surface area contributed by atoms with E-state index in [2.05, 4.69) is 0 Å². The van der Waals surface area contributed by atoms with Crippen LogP contribution in [0.15, 0.2) is 30.3 Å². The summed E-state index contributed by atoms with van der Waals surface area (Å²) in [4.78, 5) is 21.8. The maximum Gasteiger partial charge on any atom is 0.325 e. The lowest BCUT2D eigenvalue weighted by Gasteiger charge is -2.18. The van der Waals surface area contributed by atoms with Gasteiger partial charge < -0.3 is 10.2 Å². The van der Waals surface area contributed by atoms with E-state index in [4.69, 9.17) is 11.6 Å². The first kappa shape index (κ1) is 11.5. The molecule has 6 heteroatoms. The number of alkyl halides is 1. The van der Waals surface area contributed by atoms with Crippen molar-refractivity contribution >= 4 is 11.9 Å². The van der Waals surface area contributed by atoms with Crippen LogP contribution >= 0.6 is 0 Å². The molecule has 5 nitrogen and oxygen atoms in total. The Kier molecular flexibility index (Phi) is 4.04. The fraction of sp³-hybridized carbons (Fsp3) is 0.273. The van der Waals surface area contributed by atoms with Crippen molar-refractivity contribution in [1.29, 1.82) is 0 Å². The summed E-state index contributed by atoms with van der Waals surface area (Å²) in [7, 11) is 0. The summed E-state index contributed by atoms with van der Waals surface area (Å²) in [6, 6.07) is 3.54. The average molecular weight is 242 g/mol. The van der Waals surface area contributed by atoms with Gasteiger partial charge in [0.25, 0.3) is 0 Å². The highest BCUT2D eigenvalue weighted by Gasteiger charge is 2.26. The molecule has 0 fully saturated rings. The smallest absolute Gasteiger partial charge is 0.325 e. The number of nitrogens with one attached hydrogen (secondary N) is 1. The number of carbonyl (C=O) groups is 2. The van der Waals surface area contributed by atoms with Gasteiger partial charge in [-0.05, 0) is 5.56 Å². The zero-order valence-electron chi connectivity index (χ0n) is 9.76. The summed E-state index contributed by atoms with van der Waals surface area (Å²) < 4.78 is 20.0. The SMILES string of the molecule is [2H][C@](CF)(NC(C(=O)O)c1ccccc1)C(=O)O. The van der Waals surface area contributed by atoms with Gasteiger partial charge in [-0.1, -0.05) is 30.3 Å². The summed E-state index contributed by atoms with van der Waals surface area (Å²) in [6.45, 7) is -1.54. The molecule has 0 amide bonds. The minimum Gasteiger partial charge on any atom is -0.480 e. The van der Waals surface area contributed by atoms with Crippen LogP contribution in [-0.4, -0.2) is 34.8 Å². The Hall–Kier alpha value is -1.95. The second-order valence-electron chi connectivity index (χ2n) is 3.24. The summed E-state index contributed by atoms with van der Waals surface area (Å²) >= 11 is 0. The van der Waals surface area contributed by atoms with Gasteiger partial charge in [-0.2, -0.15) is 0 Å². The number of rotatable bonds is 6. The molecule has 17 heavy (non-hydrogen) atoms. The zero-order valence-corrected chi connectivity index (χ0v) is 8.76. The molecule has 3 N–H and O–H groups in total. The lowest BCUT2D eigenvalue weighted by Crippen LogP contribution is -2.43. The normalized spacial score (nSPS) is 16.6. The third kappa shape index (κ3) is 3.53. The Labute approximate surface area is 98.3 Å². The van der Waals surface area contributed by atoms with Gasteiger partial charge in [0.05, 0.1) is 1.37 Å². The Morgan fingerprint density at radius 2 is 1.88 bits per heavy atom. The molecule has 1 rings (SSSR count). The molecule has 0 heterocycles. The predicted molar refractivity (Wildman–Crippen MR) is 57.4 cm³/mol. The average Bonchev–Trinajstić information content (AvgIpc) is 2.36. The van der Waals surface area contributed by atoms with Crippen LogP contribution < -0.4 is 5.32 Å². The summed E-state index contributed by atoms with van der Waals surface area (Å²) in [5.74, 6) is -3.15.